The summed E-state index contributed by atoms with van der Waals surface area (Å²) in [6.07, 6.45) is 2.65. The van der Waals surface area contributed by atoms with Crippen LogP contribution < -0.4 is 5.73 Å². The minimum absolute atomic E-state index is 0.00326. The molecule has 2 aliphatic rings. The third-order valence-corrected chi connectivity index (χ3v) is 4.85. The smallest absolute Gasteiger partial charge is 0.223 e. The summed E-state index contributed by atoms with van der Waals surface area (Å²) in [7, 11) is 0. The summed E-state index contributed by atoms with van der Waals surface area (Å²) in [5, 5.41) is 10.3. The first kappa shape index (κ1) is 15.5. The number of nitrogens with zero attached hydrogens (tertiary/aromatic N) is 4. The molecule has 1 aliphatic heterocycles. The lowest BCUT2D eigenvalue weighted by molar-refractivity contribution is -0.135. The molecule has 1 aromatic heterocycles. The Kier molecular flexibility index (Phi) is 3.61. The number of hydrogen-bond acceptors (Lipinski definition) is 6. The van der Waals surface area contributed by atoms with Crippen LogP contribution in [0.4, 0.5) is 5.82 Å². The first-order chi connectivity index (χ1) is 12.1. The number of ketones is 1. The van der Waals surface area contributed by atoms with Gasteiger partial charge in [0.15, 0.2) is 17.5 Å². The molecule has 7 heteroatoms. The van der Waals surface area contributed by atoms with Crippen LogP contribution in [0.1, 0.15) is 37.4 Å². The van der Waals surface area contributed by atoms with Gasteiger partial charge in [-0.25, -0.2) is 9.97 Å². The van der Waals surface area contributed by atoms with Crippen molar-refractivity contribution in [1.29, 1.82) is 5.26 Å². The molecule has 2 atom stereocenters. The highest BCUT2D eigenvalue weighted by Gasteiger charge is 2.46. The molecule has 7 nitrogen and oxygen atoms in total. The molecule has 126 valence electrons. The van der Waals surface area contributed by atoms with Crippen molar-refractivity contribution in [3.05, 3.63) is 30.1 Å². The van der Waals surface area contributed by atoms with Crippen LogP contribution in [0.25, 0.3) is 10.9 Å². The van der Waals surface area contributed by atoms with Crippen molar-refractivity contribution < 1.29 is 9.59 Å². The third-order valence-electron chi connectivity index (χ3n) is 4.85. The molecule has 4 rings (SSSR count). The van der Waals surface area contributed by atoms with Gasteiger partial charge in [0, 0.05) is 17.8 Å². The Morgan fingerprint density at radius 2 is 2.04 bits per heavy atom. The summed E-state index contributed by atoms with van der Waals surface area (Å²) in [4.78, 5) is 35.3. The molecule has 1 aromatic carbocycles. The number of carbonyl (C=O) groups excluding carboxylic acids is 2. The van der Waals surface area contributed by atoms with E-state index in [9.17, 15) is 14.9 Å². The minimum atomic E-state index is -1.12. The van der Waals surface area contributed by atoms with E-state index in [0.717, 1.165) is 12.8 Å². The Labute approximate surface area is 144 Å². The van der Waals surface area contributed by atoms with Crippen molar-refractivity contribution in [2.45, 2.75) is 43.7 Å². The van der Waals surface area contributed by atoms with Crippen molar-refractivity contribution in [3.8, 4) is 6.07 Å². The summed E-state index contributed by atoms with van der Waals surface area (Å²) in [5.74, 6) is -1.08. The molecular weight excluding hydrogens is 318 g/mol. The van der Waals surface area contributed by atoms with Crippen LogP contribution in [0.2, 0.25) is 0 Å². The number of nitrogen functional groups attached to an aromatic ring is 1. The summed E-state index contributed by atoms with van der Waals surface area (Å²) in [6, 6.07) is 8.80. The van der Waals surface area contributed by atoms with Gasteiger partial charge >= 0.3 is 0 Å². The van der Waals surface area contributed by atoms with E-state index >= 15 is 0 Å². The summed E-state index contributed by atoms with van der Waals surface area (Å²) in [5.41, 5.74) is 6.57. The van der Waals surface area contributed by atoms with Gasteiger partial charge in [0.2, 0.25) is 5.91 Å². The fraction of sp³-hybridized carbons (Fsp3) is 0.389. The molecule has 1 aliphatic carbocycles. The van der Waals surface area contributed by atoms with Crippen LogP contribution in [0.15, 0.2) is 24.3 Å². The van der Waals surface area contributed by atoms with Crippen molar-refractivity contribution in [2.75, 3.05) is 5.73 Å². The molecule has 2 aromatic rings. The van der Waals surface area contributed by atoms with Crippen LogP contribution >= 0.6 is 0 Å². The summed E-state index contributed by atoms with van der Waals surface area (Å²) in [6.45, 7) is 0. The molecule has 0 radical (unpaired) electrons. The number of para-hydroxylation sites is 1. The fourth-order valence-electron chi connectivity index (χ4n) is 3.48. The number of hydrogen-bond donors (Lipinski definition) is 1. The zero-order valence-electron chi connectivity index (χ0n) is 13.6. The molecule has 1 amide bonds. The predicted molar refractivity (Wildman–Crippen MR) is 90.2 cm³/mol. The normalized spacial score (nSPS) is 21.3. The molecule has 0 spiro atoms. The molecule has 2 heterocycles. The number of fused-ring (bicyclic) bond motifs is 1. The van der Waals surface area contributed by atoms with Gasteiger partial charge in [-0.1, -0.05) is 12.1 Å². The van der Waals surface area contributed by atoms with E-state index in [1.165, 1.54) is 0 Å². The van der Waals surface area contributed by atoms with Gasteiger partial charge in [-0.3, -0.25) is 9.59 Å². The molecule has 2 unspecified atom stereocenters. The highest BCUT2D eigenvalue weighted by atomic mass is 16.2. The number of aromatic nitrogens is 2. The van der Waals surface area contributed by atoms with Crippen LogP contribution in [0.5, 0.6) is 0 Å². The molecule has 25 heavy (non-hydrogen) atoms. The average molecular weight is 335 g/mol. The van der Waals surface area contributed by atoms with Crippen molar-refractivity contribution in [1.82, 2.24) is 14.9 Å². The zero-order valence-corrected chi connectivity index (χ0v) is 13.6. The first-order valence-corrected chi connectivity index (χ1v) is 8.37. The second-order valence-electron chi connectivity index (χ2n) is 6.54. The lowest BCUT2D eigenvalue weighted by atomic mass is 9.96. The van der Waals surface area contributed by atoms with Gasteiger partial charge in [-0.2, -0.15) is 5.26 Å². The van der Waals surface area contributed by atoms with Crippen molar-refractivity contribution >= 4 is 28.4 Å². The van der Waals surface area contributed by atoms with Gasteiger partial charge < -0.3 is 10.6 Å². The second kappa shape index (κ2) is 5.81. The van der Waals surface area contributed by atoms with Crippen molar-refractivity contribution in [2.24, 2.45) is 0 Å². The molecular formula is C18H17N5O2. The van der Waals surface area contributed by atoms with E-state index < -0.39 is 12.0 Å². The Bertz CT molecular complexity index is 915. The van der Waals surface area contributed by atoms with E-state index in [1.807, 2.05) is 18.2 Å². The van der Waals surface area contributed by atoms with E-state index in [1.54, 1.807) is 17.0 Å². The van der Waals surface area contributed by atoms with Gasteiger partial charge in [-0.05, 0) is 31.4 Å². The quantitative estimate of drug-likeness (QED) is 0.907. The number of benzene rings is 1. The molecule has 1 saturated carbocycles. The first-order valence-electron chi connectivity index (χ1n) is 8.37. The molecule has 2 N–H and O–H groups in total. The standard InChI is InChI=1S/C18H17N5O2/c19-9-12(16(25)14-7-8-15(24)23(14)10-5-6-10)18-21-13-4-2-1-3-11(13)17(20)22-18/h1-4,10,12,14H,5-8H2,(H2,20,21,22). The summed E-state index contributed by atoms with van der Waals surface area (Å²) >= 11 is 0. The van der Waals surface area contributed by atoms with E-state index in [4.69, 9.17) is 5.73 Å². The zero-order chi connectivity index (χ0) is 17.6. The van der Waals surface area contributed by atoms with Crippen LogP contribution in [0.3, 0.4) is 0 Å². The highest BCUT2D eigenvalue weighted by Crippen LogP contribution is 2.36. The van der Waals surface area contributed by atoms with Crippen molar-refractivity contribution in [3.63, 3.8) is 0 Å². The van der Waals surface area contributed by atoms with Gasteiger partial charge in [0.25, 0.3) is 0 Å². The van der Waals surface area contributed by atoms with E-state index in [-0.39, 0.29) is 29.4 Å². The Morgan fingerprint density at radius 3 is 2.76 bits per heavy atom. The molecule has 2 fully saturated rings. The van der Waals surface area contributed by atoms with Gasteiger partial charge in [-0.15, -0.1) is 0 Å². The monoisotopic (exact) mass is 335 g/mol. The van der Waals surface area contributed by atoms with E-state index in [0.29, 0.717) is 23.7 Å². The van der Waals surface area contributed by atoms with Crippen LogP contribution in [0, 0.1) is 11.3 Å². The SMILES string of the molecule is N#CC(C(=O)C1CCC(=O)N1C1CC1)c1nc(N)c2ccccc2n1. The third kappa shape index (κ3) is 2.60. The number of nitriles is 1. The predicted octanol–water partition coefficient (Wildman–Crippen LogP) is 1.54. The number of nitrogens with two attached hydrogens (primary N) is 1. The maximum Gasteiger partial charge on any atom is 0.223 e. The van der Waals surface area contributed by atoms with Gasteiger partial charge in [0.1, 0.15) is 5.82 Å². The fourth-order valence-corrected chi connectivity index (χ4v) is 3.48. The molecule has 1 saturated heterocycles. The Morgan fingerprint density at radius 1 is 1.28 bits per heavy atom. The average Bonchev–Trinajstić information content (AvgIpc) is 3.37. The highest BCUT2D eigenvalue weighted by molar-refractivity contribution is 5.98. The number of Topliss-reactive ketones (excluding diaryl/α,β-unsaturated/α-hetero) is 1. The number of likely N-dealkylation sites (tertiary alicyclic amines) is 1. The Hall–Kier alpha value is -3.01. The maximum absolute atomic E-state index is 13.0. The number of anilines is 1. The maximum atomic E-state index is 13.0. The van der Waals surface area contributed by atoms with E-state index in [2.05, 4.69) is 9.97 Å². The van der Waals surface area contributed by atoms with Crippen LogP contribution in [-0.4, -0.2) is 38.6 Å². The number of carbonyl (C=O) groups is 2. The second-order valence-corrected chi connectivity index (χ2v) is 6.54. The lowest BCUT2D eigenvalue weighted by Crippen LogP contribution is -2.42. The topological polar surface area (TPSA) is 113 Å². The number of rotatable bonds is 4. The summed E-state index contributed by atoms with van der Waals surface area (Å²) < 4.78 is 0. The minimum Gasteiger partial charge on any atom is -0.383 e. The Balaban J connectivity index is 1.69. The lowest BCUT2D eigenvalue weighted by Gasteiger charge is -2.24. The van der Waals surface area contributed by atoms with Crippen LogP contribution in [-0.2, 0) is 9.59 Å². The molecule has 0 bridgehead atoms. The number of amides is 1. The largest absolute Gasteiger partial charge is 0.383 e. The van der Waals surface area contributed by atoms with Gasteiger partial charge in [0.05, 0.1) is 17.6 Å².